The predicted molar refractivity (Wildman–Crippen MR) is 61.9 cm³/mol. The van der Waals surface area contributed by atoms with Crippen molar-refractivity contribution in [3.63, 3.8) is 0 Å². The summed E-state index contributed by atoms with van der Waals surface area (Å²) in [6.45, 7) is 1.35. The van der Waals surface area contributed by atoms with Gasteiger partial charge in [-0.25, -0.2) is 0 Å². The first kappa shape index (κ1) is 13.3. The first-order chi connectivity index (χ1) is 5.66. The number of alkyl halides is 1. The Morgan fingerprint density at radius 3 is 2.33 bits per heavy atom. The van der Waals surface area contributed by atoms with E-state index in [1.54, 1.807) is 0 Å². The lowest BCUT2D eigenvalue weighted by Gasteiger charge is -2.08. The second-order valence-corrected chi connectivity index (χ2v) is 7.49. The van der Waals surface area contributed by atoms with Crippen molar-refractivity contribution in [3.8, 4) is 0 Å². The van der Waals surface area contributed by atoms with Crippen LogP contribution in [0, 0.1) is 0 Å². The minimum atomic E-state index is -0.852. The lowest BCUT2D eigenvalue weighted by molar-refractivity contribution is 0.630. The number of hydrogen-bond donors (Lipinski definition) is 0. The molecule has 0 aliphatic carbocycles. The molecule has 0 saturated carbocycles. The minimum absolute atomic E-state index is 0.183. The van der Waals surface area contributed by atoms with E-state index < -0.39 is 6.63 Å². The van der Waals surface area contributed by atoms with Crippen LogP contribution in [0.1, 0.15) is 39.0 Å². The third-order valence-electron chi connectivity index (χ3n) is 1.71. The fraction of sp³-hybridized carbons (Fsp3) is 1.00. The van der Waals surface area contributed by atoms with Crippen LogP contribution in [-0.4, -0.2) is 11.5 Å². The Balaban J connectivity index is 3.14. The summed E-state index contributed by atoms with van der Waals surface area (Å²) in [5.41, 5.74) is 0. The van der Waals surface area contributed by atoms with Crippen molar-refractivity contribution < 1.29 is 0 Å². The van der Waals surface area contributed by atoms with E-state index in [0.717, 1.165) is 12.6 Å². The molecule has 0 radical (unpaired) electrons. The highest BCUT2D eigenvalue weighted by Crippen LogP contribution is 2.48. The fourth-order valence-corrected chi connectivity index (χ4v) is 3.51. The zero-order valence-electron chi connectivity index (χ0n) is 7.40. The van der Waals surface area contributed by atoms with Gasteiger partial charge in [-0.1, -0.05) is 55.1 Å². The van der Waals surface area contributed by atoms with Gasteiger partial charge in [-0.3, -0.25) is 0 Å². The molecule has 1 unspecified atom stereocenters. The van der Waals surface area contributed by atoms with Crippen LogP contribution in [0.5, 0.6) is 0 Å². The van der Waals surface area contributed by atoms with E-state index in [1.165, 1.54) is 25.7 Å². The van der Waals surface area contributed by atoms with Gasteiger partial charge in [0.2, 0.25) is 0 Å². The average Bonchev–Trinajstić information content (AvgIpc) is 1.97. The molecule has 0 nitrogen and oxygen atoms in total. The molecule has 0 fully saturated rings. The lowest BCUT2D eigenvalue weighted by atomic mass is 10.1. The predicted octanol–water partition coefficient (Wildman–Crippen LogP) is 5.35. The van der Waals surface area contributed by atoms with Crippen LogP contribution in [0.3, 0.4) is 0 Å². The summed E-state index contributed by atoms with van der Waals surface area (Å²) >= 11 is 17.3. The molecule has 12 heavy (non-hydrogen) atoms. The highest BCUT2D eigenvalue weighted by Gasteiger charge is 2.09. The fourth-order valence-electron chi connectivity index (χ4n) is 1.03. The molecule has 0 heterocycles. The van der Waals surface area contributed by atoms with E-state index >= 15 is 0 Å². The smallest absolute Gasteiger partial charge is 0.0869 e. The van der Waals surface area contributed by atoms with Crippen LogP contribution < -0.4 is 0 Å². The second kappa shape index (κ2) is 8.88. The molecular formula is C8H16Cl3P. The molecule has 1 atom stereocenters. The molecule has 0 aromatic carbocycles. The molecule has 4 heteroatoms. The van der Waals surface area contributed by atoms with Crippen LogP contribution >= 0.6 is 40.7 Å². The Morgan fingerprint density at radius 1 is 1.17 bits per heavy atom. The van der Waals surface area contributed by atoms with Crippen molar-refractivity contribution in [3.05, 3.63) is 0 Å². The van der Waals surface area contributed by atoms with Gasteiger partial charge in [-0.05, 0) is 6.42 Å². The van der Waals surface area contributed by atoms with Crippen molar-refractivity contribution in [1.29, 1.82) is 0 Å². The Morgan fingerprint density at radius 2 is 1.83 bits per heavy atom. The third-order valence-corrected chi connectivity index (χ3v) is 3.84. The van der Waals surface area contributed by atoms with Crippen LogP contribution in [-0.2, 0) is 0 Å². The van der Waals surface area contributed by atoms with E-state index in [0.29, 0.717) is 0 Å². The first-order valence-corrected chi connectivity index (χ1v) is 8.17. The van der Waals surface area contributed by atoms with E-state index in [1.807, 2.05) is 0 Å². The van der Waals surface area contributed by atoms with Gasteiger partial charge in [0.15, 0.2) is 0 Å². The van der Waals surface area contributed by atoms with E-state index in [-0.39, 0.29) is 5.38 Å². The summed E-state index contributed by atoms with van der Waals surface area (Å²) < 4.78 is 0. The van der Waals surface area contributed by atoms with Gasteiger partial charge in [-0.15, -0.1) is 11.6 Å². The SMILES string of the molecule is CCCCCCC(Cl)CP(Cl)Cl. The molecule has 0 aromatic heterocycles. The molecule has 0 aliphatic rings. The zero-order chi connectivity index (χ0) is 9.40. The molecule has 0 amide bonds. The summed E-state index contributed by atoms with van der Waals surface area (Å²) in [5.74, 6) is 0. The molecule has 0 bridgehead atoms. The van der Waals surface area contributed by atoms with Crippen molar-refractivity contribution in [2.45, 2.75) is 44.4 Å². The van der Waals surface area contributed by atoms with Gasteiger partial charge in [0.25, 0.3) is 0 Å². The van der Waals surface area contributed by atoms with Crippen molar-refractivity contribution in [2.75, 3.05) is 6.16 Å². The van der Waals surface area contributed by atoms with Gasteiger partial charge in [0.1, 0.15) is 0 Å². The molecule has 0 rings (SSSR count). The van der Waals surface area contributed by atoms with Crippen LogP contribution in [0.15, 0.2) is 0 Å². The Kier molecular flexibility index (Phi) is 9.84. The molecule has 0 aliphatic heterocycles. The maximum Gasteiger partial charge on any atom is 0.0869 e. The van der Waals surface area contributed by atoms with Gasteiger partial charge in [0, 0.05) is 11.5 Å². The molecule has 0 saturated heterocycles. The molecular weight excluding hydrogens is 233 g/mol. The van der Waals surface area contributed by atoms with Gasteiger partial charge in [0.05, 0.1) is 6.63 Å². The standard InChI is InChI=1S/C8H16Cl3P/c1-2-3-4-5-6-8(9)7-12(10)11/h8H,2-7H2,1H3. The normalized spacial score (nSPS) is 13.8. The van der Waals surface area contributed by atoms with Crippen LogP contribution in [0.2, 0.25) is 0 Å². The quantitative estimate of drug-likeness (QED) is 0.324. The largest absolute Gasteiger partial charge is 0.123 e. The minimum Gasteiger partial charge on any atom is -0.123 e. The Hall–Kier alpha value is 1.30. The Labute approximate surface area is 91.3 Å². The third kappa shape index (κ3) is 9.39. The number of halogens is 3. The molecule has 74 valence electrons. The zero-order valence-corrected chi connectivity index (χ0v) is 10.6. The first-order valence-electron chi connectivity index (χ1n) is 4.40. The van der Waals surface area contributed by atoms with Gasteiger partial charge >= 0.3 is 0 Å². The molecule has 0 spiro atoms. The highest BCUT2D eigenvalue weighted by molar-refractivity contribution is 8.04. The second-order valence-electron chi connectivity index (χ2n) is 2.93. The summed E-state index contributed by atoms with van der Waals surface area (Å²) in [4.78, 5) is 0. The lowest BCUT2D eigenvalue weighted by Crippen LogP contribution is -2.00. The Bertz CT molecular complexity index is 98.3. The number of hydrogen-bond acceptors (Lipinski definition) is 0. The van der Waals surface area contributed by atoms with Crippen molar-refractivity contribution in [1.82, 2.24) is 0 Å². The maximum absolute atomic E-state index is 6.00. The van der Waals surface area contributed by atoms with E-state index in [4.69, 9.17) is 34.1 Å². The van der Waals surface area contributed by atoms with Crippen molar-refractivity contribution >= 4 is 40.7 Å². The molecule has 0 N–H and O–H groups in total. The highest BCUT2D eigenvalue weighted by atomic mass is 35.9. The topological polar surface area (TPSA) is 0 Å². The van der Waals surface area contributed by atoms with Crippen LogP contribution in [0.4, 0.5) is 0 Å². The summed E-state index contributed by atoms with van der Waals surface area (Å²) in [5, 5.41) is 0.183. The van der Waals surface area contributed by atoms with E-state index in [9.17, 15) is 0 Å². The summed E-state index contributed by atoms with van der Waals surface area (Å²) in [7, 11) is 0. The number of rotatable bonds is 7. The average molecular weight is 250 g/mol. The van der Waals surface area contributed by atoms with Gasteiger partial charge < -0.3 is 0 Å². The van der Waals surface area contributed by atoms with Gasteiger partial charge in [-0.2, -0.15) is 0 Å². The van der Waals surface area contributed by atoms with Crippen molar-refractivity contribution in [2.24, 2.45) is 0 Å². The monoisotopic (exact) mass is 248 g/mol. The maximum atomic E-state index is 6.00. The summed E-state index contributed by atoms with van der Waals surface area (Å²) in [6, 6.07) is 0. The number of unbranched alkanes of at least 4 members (excludes halogenated alkanes) is 3. The van der Waals surface area contributed by atoms with E-state index in [2.05, 4.69) is 6.92 Å². The molecule has 0 aromatic rings. The van der Waals surface area contributed by atoms with Crippen LogP contribution in [0.25, 0.3) is 0 Å². The summed E-state index contributed by atoms with van der Waals surface area (Å²) in [6.07, 6.45) is 6.89.